The van der Waals surface area contributed by atoms with Gasteiger partial charge in [0, 0.05) is 63.3 Å². The molecule has 1 unspecified atom stereocenters. The van der Waals surface area contributed by atoms with E-state index >= 15 is 0 Å². The Labute approximate surface area is 180 Å². The van der Waals surface area contributed by atoms with Gasteiger partial charge in [-0.15, -0.1) is 0 Å². The Kier molecular flexibility index (Phi) is 5.87. The Hall–Kier alpha value is -2.89. The van der Waals surface area contributed by atoms with Crippen LogP contribution in [0.25, 0.3) is 22.4 Å². The number of morpholine rings is 1. The predicted octanol–water partition coefficient (Wildman–Crippen LogP) is 0.0437. The summed E-state index contributed by atoms with van der Waals surface area (Å²) in [6, 6.07) is 0.518. The van der Waals surface area contributed by atoms with E-state index in [-0.39, 0.29) is 5.95 Å². The summed E-state index contributed by atoms with van der Waals surface area (Å²) >= 11 is 0. The molecule has 2 saturated heterocycles. The van der Waals surface area contributed by atoms with Crippen molar-refractivity contribution in [3.63, 3.8) is 0 Å². The number of aromatic nitrogens is 6. The minimum Gasteiger partial charge on any atom is -0.378 e. The zero-order valence-electron chi connectivity index (χ0n) is 17.5. The largest absolute Gasteiger partial charge is 0.378 e. The highest BCUT2D eigenvalue weighted by Crippen LogP contribution is 2.27. The molecule has 3 aromatic rings. The molecule has 164 valence electrons. The van der Waals surface area contributed by atoms with Crippen LogP contribution in [-0.4, -0.2) is 81.5 Å². The summed E-state index contributed by atoms with van der Waals surface area (Å²) in [6.45, 7) is 6.81. The van der Waals surface area contributed by atoms with Gasteiger partial charge in [0.25, 0.3) is 0 Å². The van der Waals surface area contributed by atoms with E-state index in [2.05, 4.69) is 35.1 Å². The molecular formula is C20H28N10O. The molecule has 3 aromatic heterocycles. The van der Waals surface area contributed by atoms with Crippen LogP contribution in [0.4, 0.5) is 11.9 Å². The van der Waals surface area contributed by atoms with E-state index in [1.54, 1.807) is 12.4 Å². The summed E-state index contributed by atoms with van der Waals surface area (Å²) in [5.74, 6) is 0.918. The number of ether oxygens (including phenoxy) is 1. The van der Waals surface area contributed by atoms with Crippen LogP contribution in [0.1, 0.15) is 12.8 Å². The Morgan fingerprint density at radius 2 is 1.94 bits per heavy atom. The quantitative estimate of drug-likeness (QED) is 0.498. The fourth-order valence-electron chi connectivity index (χ4n) is 4.09. The van der Waals surface area contributed by atoms with Crippen molar-refractivity contribution in [1.82, 2.24) is 40.1 Å². The van der Waals surface area contributed by atoms with Gasteiger partial charge in [-0.25, -0.2) is 19.9 Å². The molecule has 0 bridgehead atoms. The maximum Gasteiger partial charge on any atom is 0.228 e. The van der Waals surface area contributed by atoms with Gasteiger partial charge in [0.1, 0.15) is 11.2 Å². The molecule has 0 saturated carbocycles. The number of rotatable bonds is 6. The molecular weight excluding hydrogens is 396 g/mol. The highest BCUT2D eigenvalue weighted by Gasteiger charge is 2.21. The zero-order valence-corrected chi connectivity index (χ0v) is 17.5. The summed E-state index contributed by atoms with van der Waals surface area (Å²) in [5.41, 5.74) is 8.76. The monoisotopic (exact) mass is 424 g/mol. The van der Waals surface area contributed by atoms with Crippen molar-refractivity contribution in [3.05, 3.63) is 18.7 Å². The summed E-state index contributed by atoms with van der Waals surface area (Å²) in [4.78, 5) is 24.8. The smallest absolute Gasteiger partial charge is 0.228 e. The first-order valence-electron chi connectivity index (χ1n) is 10.9. The van der Waals surface area contributed by atoms with E-state index in [0.717, 1.165) is 74.5 Å². The first kappa shape index (κ1) is 20.0. The fourth-order valence-corrected chi connectivity index (χ4v) is 4.09. The van der Waals surface area contributed by atoms with Crippen LogP contribution in [-0.2, 0) is 11.3 Å². The first-order valence-corrected chi connectivity index (χ1v) is 10.9. The van der Waals surface area contributed by atoms with Crippen molar-refractivity contribution in [2.75, 3.05) is 56.6 Å². The number of hydrogen-bond donors (Lipinski definition) is 3. The van der Waals surface area contributed by atoms with Crippen molar-refractivity contribution in [2.24, 2.45) is 0 Å². The Bertz CT molecular complexity index is 1010. The molecule has 0 aliphatic carbocycles. The second-order valence-electron chi connectivity index (χ2n) is 7.91. The number of imidazole rings is 1. The van der Waals surface area contributed by atoms with E-state index < -0.39 is 0 Å². The molecule has 2 fully saturated rings. The number of aryl methyl sites for hydroxylation is 1. The van der Waals surface area contributed by atoms with Crippen LogP contribution in [0.2, 0.25) is 0 Å². The summed E-state index contributed by atoms with van der Waals surface area (Å²) in [5, 5.41) is 7.01. The predicted molar refractivity (Wildman–Crippen MR) is 118 cm³/mol. The summed E-state index contributed by atoms with van der Waals surface area (Å²) in [6.07, 6.45) is 7.38. The van der Waals surface area contributed by atoms with Crippen molar-refractivity contribution in [3.8, 4) is 11.3 Å². The van der Waals surface area contributed by atoms with Gasteiger partial charge in [-0.1, -0.05) is 0 Å². The van der Waals surface area contributed by atoms with E-state index in [4.69, 9.17) is 20.4 Å². The lowest BCUT2D eigenvalue weighted by Crippen LogP contribution is -2.48. The van der Waals surface area contributed by atoms with Gasteiger partial charge in [0.2, 0.25) is 11.9 Å². The molecule has 11 nitrogen and oxygen atoms in total. The molecule has 1 atom stereocenters. The number of nitrogens with zero attached hydrogens (tertiary/aromatic N) is 7. The lowest BCUT2D eigenvalue weighted by atomic mass is 10.1. The van der Waals surface area contributed by atoms with Crippen molar-refractivity contribution < 1.29 is 4.74 Å². The summed E-state index contributed by atoms with van der Waals surface area (Å²) in [7, 11) is 0. The number of anilines is 2. The molecule has 2 aliphatic rings. The SMILES string of the molecule is Nc1ncc(-c2nc(N3CCOCC3)nc3c2ncn3CCCC2CNCCN2)cn1. The average molecular weight is 425 g/mol. The number of nitrogens with one attached hydrogen (secondary N) is 2. The van der Waals surface area contributed by atoms with Crippen molar-refractivity contribution in [1.29, 1.82) is 0 Å². The Balaban J connectivity index is 1.45. The Morgan fingerprint density at radius 3 is 2.71 bits per heavy atom. The molecule has 4 N–H and O–H groups in total. The van der Waals surface area contributed by atoms with Gasteiger partial charge in [-0.05, 0) is 12.8 Å². The highest BCUT2D eigenvalue weighted by atomic mass is 16.5. The summed E-state index contributed by atoms with van der Waals surface area (Å²) < 4.78 is 7.62. The third kappa shape index (κ3) is 4.43. The van der Waals surface area contributed by atoms with Crippen molar-refractivity contribution >= 4 is 23.1 Å². The topological polar surface area (TPSA) is 132 Å². The Morgan fingerprint density at radius 1 is 1.10 bits per heavy atom. The van der Waals surface area contributed by atoms with E-state index in [1.165, 1.54) is 0 Å². The van der Waals surface area contributed by atoms with Gasteiger partial charge in [0.15, 0.2) is 5.65 Å². The molecule has 31 heavy (non-hydrogen) atoms. The van der Waals surface area contributed by atoms with Crippen LogP contribution in [0.3, 0.4) is 0 Å². The zero-order chi connectivity index (χ0) is 21.0. The van der Waals surface area contributed by atoms with Crippen LogP contribution < -0.4 is 21.3 Å². The number of fused-ring (bicyclic) bond motifs is 1. The first-order chi connectivity index (χ1) is 15.3. The molecule has 0 radical (unpaired) electrons. The third-order valence-electron chi connectivity index (χ3n) is 5.77. The standard InChI is InChI=1S/C20H28N10O/c21-19-24-10-14(11-25-19)16-17-18(28-20(27-16)29-6-8-31-9-7-29)30(13-26-17)5-1-2-15-12-22-3-4-23-15/h10-11,13,15,22-23H,1-9,12H2,(H2,21,24,25). The van der Waals surface area contributed by atoms with E-state index in [0.29, 0.717) is 25.2 Å². The molecule has 0 amide bonds. The minimum absolute atomic E-state index is 0.235. The lowest BCUT2D eigenvalue weighted by molar-refractivity contribution is 0.122. The fraction of sp³-hybridized carbons (Fsp3) is 0.550. The number of nitrogen functional groups attached to an aromatic ring is 1. The maximum atomic E-state index is 5.68. The van der Waals surface area contributed by atoms with E-state index in [1.807, 2.05) is 6.33 Å². The molecule has 5 heterocycles. The molecule has 0 aromatic carbocycles. The highest BCUT2D eigenvalue weighted by molar-refractivity contribution is 5.88. The van der Waals surface area contributed by atoms with Gasteiger partial charge in [-0.2, -0.15) is 4.98 Å². The average Bonchev–Trinajstić information content (AvgIpc) is 3.23. The molecule has 5 rings (SSSR count). The van der Waals surface area contributed by atoms with E-state index in [9.17, 15) is 0 Å². The van der Waals surface area contributed by atoms with Gasteiger partial charge >= 0.3 is 0 Å². The second-order valence-corrected chi connectivity index (χ2v) is 7.91. The van der Waals surface area contributed by atoms with Gasteiger partial charge in [-0.3, -0.25) is 0 Å². The second kappa shape index (κ2) is 9.08. The minimum atomic E-state index is 0.235. The van der Waals surface area contributed by atoms with Gasteiger partial charge < -0.3 is 30.6 Å². The number of piperazine rings is 1. The number of nitrogens with two attached hydrogens (primary N) is 1. The molecule has 0 spiro atoms. The van der Waals surface area contributed by atoms with Crippen molar-refractivity contribution in [2.45, 2.75) is 25.4 Å². The molecule has 11 heteroatoms. The van der Waals surface area contributed by atoms with Gasteiger partial charge in [0.05, 0.1) is 19.5 Å². The normalized spacial score (nSPS) is 19.7. The van der Waals surface area contributed by atoms with Crippen LogP contribution in [0, 0.1) is 0 Å². The lowest BCUT2D eigenvalue weighted by Gasteiger charge is -2.27. The maximum absolute atomic E-state index is 5.68. The van der Waals surface area contributed by atoms with Crippen LogP contribution in [0.15, 0.2) is 18.7 Å². The van der Waals surface area contributed by atoms with Crippen LogP contribution >= 0.6 is 0 Å². The van der Waals surface area contributed by atoms with Crippen LogP contribution in [0.5, 0.6) is 0 Å². The molecule has 2 aliphatic heterocycles. The number of hydrogen-bond acceptors (Lipinski definition) is 10. The third-order valence-corrected chi connectivity index (χ3v) is 5.77.